The van der Waals surface area contributed by atoms with Gasteiger partial charge in [-0.3, -0.25) is 9.59 Å². The van der Waals surface area contributed by atoms with Gasteiger partial charge in [-0.15, -0.1) is 0 Å². The van der Waals surface area contributed by atoms with Gasteiger partial charge >= 0.3 is 5.97 Å². The maximum absolute atomic E-state index is 12.4. The van der Waals surface area contributed by atoms with Crippen molar-refractivity contribution in [2.24, 2.45) is 7.05 Å². The summed E-state index contributed by atoms with van der Waals surface area (Å²) in [5.74, 6) is -0.625. The van der Waals surface area contributed by atoms with Crippen LogP contribution in [0.4, 0.5) is 0 Å². The fourth-order valence-electron chi connectivity index (χ4n) is 3.31. The van der Waals surface area contributed by atoms with E-state index < -0.39 is 5.97 Å². The normalized spacial score (nSPS) is 10.9. The van der Waals surface area contributed by atoms with E-state index in [2.05, 4.69) is 5.10 Å². The van der Waals surface area contributed by atoms with Gasteiger partial charge in [0.05, 0.1) is 17.8 Å². The fraction of sp³-hybridized carbons (Fsp3) is 0.318. The number of aromatic nitrogens is 3. The van der Waals surface area contributed by atoms with E-state index in [0.29, 0.717) is 5.56 Å². The van der Waals surface area contributed by atoms with E-state index >= 15 is 0 Å². The SMILES string of the molecule is Cc1nn(-c2ccccc2)c(C)c1CC(=O)OCC(=O)c1cc(C)n(C)c1C. The van der Waals surface area contributed by atoms with Gasteiger partial charge in [0.25, 0.3) is 0 Å². The summed E-state index contributed by atoms with van der Waals surface area (Å²) < 4.78 is 9.02. The molecule has 0 saturated carbocycles. The van der Waals surface area contributed by atoms with Crippen LogP contribution in [0.5, 0.6) is 0 Å². The van der Waals surface area contributed by atoms with Crippen molar-refractivity contribution in [1.29, 1.82) is 0 Å². The number of carbonyl (C=O) groups is 2. The first-order valence-corrected chi connectivity index (χ1v) is 9.21. The van der Waals surface area contributed by atoms with Crippen LogP contribution in [0.2, 0.25) is 0 Å². The summed E-state index contributed by atoms with van der Waals surface area (Å²) >= 11 is 0. The molecular formula is C22H25N3O3. The van der Waals surface area contributed by atoms with Crippen LogP contribution in [-0.2, 0) is 23.0 Å². The standard InChI is InChI=1S/C22H25N3O3/c1-14-11-20(16(3)24(14)5)21(26)13-28-22(27)12-19-15(2)23-25(17(19)4)18-9-7-6-8-10-18/h6-11H,12-13H2,1-5H3. The van der Waals surface area contributed by atoms with Crippen molar-refractivity contribution in [1.82, 2.24) is 14.3 Å². The van der Waals surface area contributed by atoms with Crippen LogP contribution >= 0.6 is 0 Å². The lowest BCUT2D eigenvalue weighted by atomic mass is 10.1. The lowest BCUT2D eigenvalue weighted by Crippen LogP contribution is -2.16. The van der Waals surface area contributed by atoms with Gasteiger partial charge in [-0.05, 0) is 45.9 Å². The number of esters is 1. The van der Waals surface area contributed by atoms with Gasteiger partial charge in [-0.2, -0.15) is 5.10 Å². The monoisotopic (exact) mass is 379 g/mol. The first-order valence-electron chi connectivity index (χ1n) is 9.21. The maximum atomic E-state index is 12.4. The second-order valence-corrected chi connectivity index (χ2v) is 7.00. The van der Waals surface area contributed by atoms with Crippen molar-refractivity contribution in [3.8, 4) is 5.69 Å². The van der Waals surface area contributed by atoms with Crippen LogP contribution in [0.1, 0.15) is 38.7 Å². The minimum atomic E-state index is -0.433. The zero-order valence-corrected chi connectivity index (χ0v) is 16.9. The Morgan fingerprint density at radius 3 is 2.32 bits per heavy atom. The molecule has 2 aromatic heterocycles. The van der Waals surface area contributed by atoms with Gasteiger partial charge in [0.15, 0.2) is 6.61 Å². The van der Waals surface area contributed by atoms with Crippen molar-refractivity contribution < 1.29 is 14.3 Å². The zero-order chi connectivity index (χ0) is 20.4. The van der Waals surface area contributed by atoms with Gasteiger partial charge in [0.1, 0.15) is 0 Å². The van der Waals surface area contributed by atoms with Crippen LogP contribution in [0.3, 0.4) is 0 Å². The molecule has 3 rings (SSSR count). The number of benzene rings is 1. The lowest BCUT2D eigenvalue weighted by molar-refractivity contribution is -0.141. The molecule has 0 aliphatic carbocycles. The van der Waals surface area contributed by atoms with Gasteiger partial charge < -0.3 is 9.30 Å². The molecule has 0 saturated heterocycles. The molecule has 1 aromatic carbocycles. The number of aryl methyl sites for hydroxylation is 2. The maximum Gasteiger partial charge on any atom is 0.310 e. The summed E-state index contributed by atoms with van der Waals surface area (Å²) in [5.41, 5.74) is 5.89. The summed E-state index contributed by atoms with van der Waals surface area (Å²) in [5, 5.41) is 4.54. The Balaban J connectivity index is 1.68. The van der Waals surface area contributed by atoms with Crippen LogP contribution in [0.15, 0.2) is 36.4 Å². The average molecular weight is 379 g/mol. The molecule has 0 bridgehead atoms. The molecule has 0 unspecified atom stereocenters. The minimum Gasteiger partial charge on any atom is -0.457 e. The van der Waals surface area contributed by atoms with E-state index in [1.54, 1.807) is 0 Å². The predicted molar refractivity (Wildman–Crippen MR) is 107 cm³/mol. The molecule has 2 heterocycles. The Morgan fingerprint density at radius 2 is 1.71 bits per heavy atom. The van der Waals surface area contributed by atoms with Crippen molar-refractivity contribution in [2.75, 3.05) is 6.61 Å². The molecule has 0 N–H and O–H groups in total. The van der Waals surface area contributed by atoms with Crippen LogP contribution in [0, 0.1) is 27.7 Å². The Morgan fingerprint density at radius 1 is 1.04 bits per heavy atom. The number of Topliss-reactive ketones (excluding diaryl/α,β-unsaturated/α-hetero) is 1. The highest BCUT2D eigenvalue weighted by Crippen LogP contribution is 2.19. The van der Waals surface area contributed by atoms with Crippen molar-refractivity contribution >= 4 is 11.8 Å². The van der Waals surface area contributed by atoms with E-state index in [9.17, 15) is 9.59 Å². The van der Waals surface area contributed by atoms with E-state index in [-0.39, 0.29) is 18.8 Å². The quantitative estimate of drug-likeness (QED) is 0.486. The zero-order valence-electron chi connectivity index (χ0n) is 16.9. The van der Waals surface area contributed by atoms with Crippen molar-refractivity contribution in [3.63, 3.8) is 0 Å². The number of ketones is 1. The van der Waals surface area contributed by atoms with Gasteiger partial charge in [0.2, 0.25) is 5.78 Å². The molecule has 0 fully saturated rings. The van der Waals surface area contributed by atoms with E-state index in [4.69, 9.17) is 4.74 Å². The summed E-state index contributed by atoms with van der Waals surface area (Å²) in [6.45, 7) is 7.36. The van der Waals surface area contributed by atoms with Gasteiger partial charge in [0, 0.05) is 35.3 Å². The minimum absolute atomic E-state index is 0.0879. The third kappa shape index (κ3) is 3.76. The Kier molecular flexibility index (Phi) is 5.49. The van der Waals surface area contributed by atoms with Crippen molar-refractivity contribution in [2.45, 2.75) is 34.1 Å². The highest BCUT2D eigenvalue weighted by atomic mass is 16.5. The fourth-order valence-corrected chi connectivity index (χ4v) is 3.31. The molecule has 28 heavy (non-hydrogen) atoms. The molecule has 0 aliphatic heterocycles. The van der Waals surface area contributed by atoms with E-state index in [1.807, 2.05) is 80.4 Å². The summed E-state index contributed by atoms with van der Waals surface area (Å²) in [7, 11) is 1.91. The molecule has 0 amide bonds. The summed E-state index contributed by atoms with van der Waals surface area (Å²) in [4.78, 5) is 24.7. The Labute approximate surface area is 164 Å². The molecule has 6 heteroatoms. The highest BCUT2D eigenvalue weighted by Gasteiger charge is 2.19. The predicted octanol–water partition coefficient (Wildman–Crippen LogP) is 3.41. The molecule has 0 atom stereocenters. The third-order valence-corrected chi connectivity index (χ3v) is 5.20. The molecule has 0 spiro atoms. The number of hydrogen-bond acceptors (Lipinski definition) is 4. The van der Waals surface area contributed by atoms with Crippen LogP contribution in [0.25, 0.3) is 5.69 Å². The number of ether oxygens (including phenoxy) is 1. The lowest BCUT2D eigenvalue weighted by Gasteiger charge is -2.06. The number of hydrogen-bond donors (Lipinski definition) is 0. The Hall–Kier alpha value is -3.15. The molecule has 146 valence electrons. The van der Waals surface area contributed by atoms with Crippen LogP contribution in [-0.4, -0.2) is 32.7 Å². The van der Waals surface area contributed by atoms with E-state index in [1.165, 1.54) is 0 Å². The molecule has 6 nitrogen and oxygen atoms in total. The van der Waals surface area contributed by atoms with Gasteiger partial charge in [-0.1, -0.05) is 18.2 Å². The molecule has 0 radical (unpaired) electrons. The summed E-state index contributed by atoms with van der Waals surface area (Å²) in [6.07, 6.45) is 0.0879. The van der Waals surface area contributed by atoms with E-state index in [0.717, 1.165) is 34.0 Å². The smallest absolute Gasteiger partial charge is 0.310 e. The first-order chi connectivity index (χ1) is 13.3. The summed E-state index contributed by atoms with van der Waals surface area (Å²) in [6, 6.07) is 11.6. The molecule has 0 aliphatic rings. The second kappa shape index (κ2) is 7.84. The van der Waals surface area contributed by atoms with Crippen molar-refractivity contribution in [3.05, 3.63) is 70.3 Å². The topological polar surface area (TPSA) is 66.1 Å². The second-order valence-electron chi connectivity index (χ2n) is 7.00. The first kappa shape index (κ1) is 19.6. The highest BCUT2D eigenvalue weighted by molar-refractivity contribution is 5.99. The molecule has 3 aromatic rings. The third-order valence-electron chi connectivity index (χ3n) is 5.20. The number of nitrogens with zero attached hydrogens (tertiary/aromatic N) is 3. The number of carbonyl (C=O) groups excluding carboxylic acids is 2. The largest absolute Gasteiger partial charge is 0.457 e. The Bertz CT molecular complexity index is 1030. The number of rotatable bonds is 6. The van der Waals surface area contributed by atoms with Gasteiger partial charge in [-0.25, -0.2) is 4.68 Å². The average Bonchev–Trinajstić information content (AvgIpc) is 3.11. The van der Waals surface area contributed by atoms with Crippen LogP contribution < -0.4 is 0 Å². The molecular weight excluding hydrogens is 354 g/mol. The number of para-hydroxylation sites is 1.